The zero-order chi connectivity index (χ0) is 18.9. The highest BCUT2D eigenvalue weighted by Crippen LogP contribution is 2.27. The smallest absolute Gasteiger partial charge is 0.337 e. The van der Waals surface area contributed by atoms with E-state index in [0.717, 1.165) is 16.9 Å². The Morgan fingerprint density at radius 3 is 2.85 bits per heavy atom. The van der Waals surface area contributed by atoms with Gasteiger partial charge in [-0.3, -0.25) is 4.79 Å². The minimum Gasteiger partial charge on any atom is -0.465 e. The van der Waals surface area contributed by atoms with E-state index >= 15 is 0 Å². The molecule has 7 heteroatoms. The summed E-state index contributed by atoms with van der Waals surface area (Å²) in [4.78, 5) is 28.5. The van der Waals surface area contributed by atoms with E-state index in [1.54, 1.807) is 12.1 Å². The Morgan fingerprint density at radius 2 is 2.15 bits per heavy atom. The fourth-order valence-corrected chi connectivity index (χ4v) is 3.19. The number of amides is 1. The Hall–Kier alpha value is -2.41. The van der Waals surface area contributed by atoms with Crippen molar-refractivity contribution in [1.29, 1.82) is 0 Å². The maximum absolute atomic E-state index is 12.1. The highest BCUT2D eigenvalue weighted by atomic mass is 16.5. The topological polar surface area (TPSA) is 82.5 Å². The summed E-state index contributed by atoms with van der Waals surface area (Å²) in [5.41, 5.74) is 2.06. The van der Waals surface area contributed by atoms with Crippen LogP contribution < -0.4 is 5.32 Å². The van der Waals surface area contributed by atoms with Crippen molar-refractivity contribution in [2.24, 2.45) is 5.41 Å². The van der Waals surface area contributed by atoms with Crippen LogP contribution >= 0.6 is 0 Å². The van der Waals surface area contributed by atoms with E-state index in [1.165, 1.54) is 7.11 Å². The number of ether oxygens (including phenoxy) is 2. The third-order valence-corrected chi connectivity index (χ3v) is 4.32. The van der Waals surface area contributed by atoms with Crippen molar-refractivity contribution < 1.29 is 19.1 Å². The van der Waals surface area contributed by atoms with Crippen LogP contribution in [0.15, 0.2) is 18.2 Å². The first-order valence-electron chi connectivity index (χ1n) is 8.72. The van der Waals surface area contributed by atoms with Gasteiger partial charge < -0.3 is 19.4 Å². The van der Waals surface area contributed by atoms with Gasteiger partial charge in [-0.1, -0.05) is 20.8 Å². The van der Waals surface area contributed by atoms with E-state index in [9.17, 15) is 9.59 Å². The second-order valence-electron chi connectivity index (χ2n) is 7.80. The van der Waals surface area contributed by atoms with Crippen LogP contribution in [0.2, 0.25) is 0 Å². The lowest BCUT2D eigenvalue weighted by Crippen LogP contribution is -2.36. The highest BCUT2D eigenvalue weighted by molar-refractivity contribution is 5.93. The van der Waals surface area contributed by atoms with Gasteiger partial charge in [-0.2, -0.15) is 0 Å². The van der Waals surface area contributed by atoms with Crippen LogP contribution in [0.4, 0.5) is 0 Å². The van der Waals surface area contributed by atoms with Crippen LogP contribution in [-0.4, -0.2) is 41.7 Å². The molecule has 1 aromatic heterocycles. The lowest BCUT2D eigenvalue weighted by atomic mass is 9.92. The summed E-state index contributed by atoms with van der Waals surface area (Å²) in [6.07, 6.45) is 0.473. The van der Waals surface area contributed by atoms with Crippen molar-refractivity contribution in [3.05, 3.63) is 29.6 Å². The number of methoxy groups -OCH3 is 1. The molecule has 0 unspecified atom stereocenters. The molecule has 0 saturated heterocycles. The molecule has 0 radical (unpaired) electrons. The molecule has 1 aliphatic heterocycles. The molecule has 0 spiro atoms. The Kier molecular flexibility index (Phi) is 5.00. The lowest BCUT2D eigenvalue weighted by Gasteiger charge is -2.27. The molecule has 0 aliphatic carbocycles. The van der Waals surface area contributed by atoms with Gasteiger partial charge in [0.1, 0.15) is 12.4 Å². The van der Waals surface area contributed by atoms with Gasteiger partial charge in [-0.25, -0.2) is 9.78 Å². The zero-order valence-corrected chi connectivity index (χ0v) is 15.7. The average Bonchev–Trinajstić information content (AvgIpc) is 2.95. The summed E-state index contributed by atoms with van der Waals surface area (Å²) in [6.45, 7) is 7.51. The van der Waals surface area contributed by atoms with E-state index in [2.05, 4.69) is 14.9 Å². The van der Waals surface area contributed by atoms with Gasteiger partial charge in [0, 0.05) is 13.0 Å². The monoisotopic (exact) mass is 359 g/mol. The fourth-order valence-electron chi connectivity index (χ4n) is 3.19. The van der Waals surface area contributed by atoms with E-state index in [1.807, 2.05) is 26.8 Å². The molecule has 3 rings (SSSR count). The summed E-state index contributed by atoms with van der Waals surface area (Å²) in [7, 11) is 1.36. The van der Waals surface area contributed by atoms with Crippen molar-refractivity contribution in [2.75, 3.05) is 20.3 Å². The van der Waals surface area contributed by atoms with Crippen molar-refractivity contribution in [3.8, 4) is 0 Å². The Labute approximate surface area is 152 Å². The third kappa shape index (κ3) is 3.88. The minimum absolute atomic E-state index is 0.0296. The van der Waals surface area contributed by atoms with Gasteiger partial charge >= 0.3 is 5.97 Å². The minimum atomic E-state index is -0.389. The Balaban J connectivity index is 1.82. The van der Waals surface area contributed by atoms with Crippen LogP contribution in [0.1, 0.15) is 49.4 Å². The van der Waals surface area contributed by atoms with Gasteiger partial charge in [0.2, 0.25) is 5.91 Å². The van der Waals surface area contributed by atoms with Gasteiger partial charge in [0.25, 0.3) is 0 Å². The van der Waals surface area contributed by atoms with Crippen molar-refractivity contribution in [1.82, 2.24) is 14.9 Å². The number of nitrogens with zero attached hydrogens (tertiary/aromatic N) is 2. The third-order valence-electron chi connectivity index (χ3n) is 4.32. The average molecular weight is 359 g/mol. The molecule has 140 valence electrons. The summed E-state index contributed by atoms with van der Waals surface area (Å²) in [5.74, 6) is 0.436. The number of nitrogens with one attached hydrogen (secondary N) is 1. The molecule has 2 aromatic rings. The number of esters is 1. The maximum atomic E-state index is 12.1. The Bertz CT molecular complexity index is 835. The fraction of sp³-hybridized carbons (Fsp3) is 0.526. The van der Waals surface area contributed by atoms with E-state index in [0.29, 0.717) is 31.7 Å². The molecule has 26 heavy (non-hydrogen) atoms. The molecule has 1 atom stereocenters. The molecule has 1 N–H and O–H groups in total. The molecular weight excluding hydrogens is 334 g/mol. The van der Waals surface area contributed by atoms with E-state index in [-0.39, 0.29) is 23.3 Å². The second-order valence-corrected chi connectivity index (χ2v) is 7.80. The highest BCUT2D eigenvalue weighted by Gasteiger charge is 2.25. The quantitative estimate of drug-likeness (QED) is 0.848. The van der Waals surface area contributed by atoms with E-state index < -0.39 is 0 Å². The predicted octanol–water partition coefficient (Wildman–Crippen LogP) is 2.45. The number of hydrogen-bond donors (Lipinski definition) is 1. The van der Waals surface area contributed by atoms with Gasteiger partial charge in [0.15, 0.2) is 0 Å². The SMILES string of the molecule is COC(=O)c1ccc2c(c1)nc1n2[C@@H](CNC(=O)CC(C)(C)C)COC1. The molecule has 1 aliphatic rings. The summed E-state index contributed by atoms with van der Waals surface area (Å²) in [5, 5.41) is 3.00. The molecule has 0 saturated carbocycles. The van der Waals surface area contributed by atoms with Gasteiger partial charge in [0.05, 0.1) is 36.4 Å². The number of aromatic nitrogens is 2. The number of carbonyl (C=O) groups is 2. The Morgan fingerprint density at radius 1 is 1.38 bits per heavy atom. The van der Waals surface area contributed by atoms with Gasteiger partial charge in [-0.05, 0) is 23.6 Å². The standard InChI is InChI=1S/C19H25N3O4/c1-19(2,3)8-17(23)20-9-13-10-26-11-16-21-14-7-12(18(24)25-4)5-6-15(14)22(13)16/h5-7,13H,8-11H2,1-4H3,(H,20,23)/t13-/m0/s1. The van der Waals surface area contributed by atoms with E-state index in [4.69, 9.17) is 9.47 Å². The lowest BCUT2D eigenvalue weighted by molar-refractivity contribution is -0.123. The van der Waals surface area contributed by atoms with Crippen LogP contribution in [0, 0.1) is 5.41 Å². The number of imidazole rings is 1. The summed E-state index contributed by atoms with van der Waals surface area (Å²) in [6, 6.07) is 5.29. The number of rotatable bonds is 4. The number of carbonyl (C=O) groups excluding carboxylic acids is 2. The van der Waals surface area contributed by atoms with Gasteiger partial charge in [-0.15, -0.1) is 0 Å². The van der Waals surface area contributed by atoms with Crippen LogP contribution in [0.3, 0.4) is 0 Å². The normalized spacial score (nSPS) is 17.0. The molecular formula is C19H25N3O4. The van der Waals surface area contributed by atoms with Crippen molar-refractivity contribution in [3.63, 3.8) is 0 Å². The molecule has 0 bridgehead atoms. The molecule has 7 nitrogen and oxygen atoms in total. The maximum Gasteiger partial charge on any atom is 0.337 e. The molecule has 1 amide bonds. The second kappa shape index (κ2) is 7.07. The zero-order valence-electron chi connectivity index (χ0n) is 15.7. The first-order valence-corrected chi connectivity index (χ1v) is 8.72. The summed E-state index contributed by atoms with van der Waals surface area (Å²) >= 11 is 0. The van der Waals surface area contributed by atoms with Crippen LogP contribution in [0.25, 0.3) is 11.0 Å². The summed E-state index contributed by atoms with van der Waals surface area (Å²) < 4.78 is 12.5. The largest absolute Gasteiger partial charge is 0.465 e. The first kappa shape index (κ1) is 18.4. The molecule has 0 fully saturated rings. The first-order chi connectivity index (χ1) is 12.3. The predicted molar refractivity (Wildman–Crippen MR) is 96.8 cm³/mol. The van der Waals surface area contributed by atoms with Crippen molar-refractivity contribution >= 4 is 22.9 Å². The van der Waals surface area contributed by atoms with Crippen LogP contribution in [0.5, 0.6) is 0 Å². The number of hydrogen-bond acceptors (Lipinski definition) is 5. The number of fused-ring (bicyclic) bond motifs is 3. The number of benzene rings is 1. The van der Waals surface area contributed by atoms with Crippen molar-refractivity contribution in [2.45, 2.75) is 39.8 Å². The molecule has 1 aromatic carbocycles. The molecule has 2 heterocycles. The van der Waals surface area contributed by atoms with Crippen LogP contribution in [-0.2, 0) is 20.9 Å².